The fourth-order valence-corrected chi connectivity index (χ4v) is 4.56. The summed E-state index contributed by atoms with van der Waals surface area (Å²) in [7, 11) is 3.21. The molecule has 4 amide bonds. The summed E-state index contributed by atoms with van der Waals surface area (Å²) in [5, 5.41) is 0. The number of hydrogen-bond donors (Lipinski definition) is 0. The number of rotatable bonds is 1. The van der Waals surface area contributed by atoms with Gasteiger partial charge in [-0.15, -0.1) is 0 Å². The predicted octanol–water partition coefficient (Wildman–Crippen LogP) is 1.51. The van der Waals surface area contributed by atoms with Crippen LogP contribution in [0, 0.1) is 5.92 Å². The Bertz CT molecular complexity index is 785. The van der Waals surface area contributed by atoms with E-state index in [0.717, 1.165) is 11.3 Å². The van der Waals surface area contributed by atoms with Crippen LogP contribution in [0.25, 0.3) is 0 Å². The fourth-order valence-electron chi connectivity index (χ4n) is 4.56. The Balaban J connectivity index is 1.45. The number of urea groups is 1. The number of likely N-dealkylation sites (tertiary alicyclic amines) is 1. The highest BCUT2D eigenvalue weighted by atomic mass is 16.5. The van der Waals surface area contributed by atoms with Crippen molar-refractivity contribution in [3.05, 3.63) is 29.8 Å². The number of amides is 4. The van der Waals surface area contributed by atoms with E-state index in [-0.39, 0.29) is 23.8 Å². The highest BCUT2D eigenvalue weighted by molar-refractivity contribution is 6.06. The number of ether oxygens (including phenoxy) is 1. The standard InChI is InChI=1S/C20H25N3O4/c1-21-18(25)20(22(2)19(21)26)8-10-23(11-9-20)17(24)15-7-12-27-16-6-4-3-5-14(16)13-15/h3-6,15H,7-13H2,1-2H3/t15-/m1/s1. The van der Waals surface area contributed by atoms with E-state index in [9.17, 15) is 14.4 Å². The molecular weight excluding hydrogens is 346 g/mol. The second kappa shape index (κ2) is 6.55. The van der Waals surface area contributed by atoms with Crippen molar-refractivity contribution in [3.63, 3.8) is 0 Å². The third kappa shape index (κ3) is 2.76. The molecule has 2 saturated heterocycles. The van der Waals surface area contributed by atoms with Crippen molar-refractivity contribution in [1.29, 1.82) is 0 Å². The van der Waals surface area contributed by atoms with E-state index in [1.54, 1.807) is 11.9 Å². The average Bonchev–Trinajstić information content (AvgIpc) is 2.87. The first kappa shape index (κ1) is 17.8. The number of benzene rings is 1. The van der Waals surface area contributed by atoms with Crippen molar-refractivity contribution < 1.29 is 19.1 Å². The quantitative estimate of drug-likeness (QED) is 0.702. The predicted molar refractivity (Wildman–Crippen MR) is 98.2 cm³/mol. The fraction of sp³-hybridized carbons (Fsp3) is 0.550. The molecule has 3 aliphatic rings. The first-order valence-corrected chi connectivity index (χ1v) is 9.49. The summed E-state index contributed by atoms with van der Waals surface area (Å²) in [6.45, 7) is 1.52. The summed E-state index contributed by atoms with van der Waals surface area (Å²) < 4.78 is 5.78. The van der Waals surface area contributed by atoms with Gasteiger partial charge in [-0.1, -0.05) is 18.2 Å². The number of carbonyl (C=O) groups is 3. The molecule has 0 unspecified atom stereocenters. The van der Waals surface area contributed by atoms with Crippen LogP contribution in [0.15, 0.2) is 24.3 Å². The molecule has 3 aliphatic heterocycles. The van der Waals surface area contributed by atoms with E-state index in [1.165, 1.54) is 11.9 Å². The van der Waals surface area contributed by atoms with E-state index in [2.05, 4.69) is 0 Å². The summed E-state index contributed by atoms with van der Waals surface area (Å²) >= 11 is 0. The number of fused-ring (bicyclic) bond motifs is 1. The van der Waals surface area contributed by atoms with Crippen molar-refractivity contribution in [2.45, 2.75) is 31.2 Å². The molecule has 0 bridgehead atoms. The molecule has 0 saturated carbocycles. The number of imide groups is 1. The second-order valence-corrected chi connectivity index (χ2v) is 7.71. The third-order valence-electron chi connectivity index (χ3n) is 6.33. The molecule has 1 aromatic carbocycles. The molecule has 0 N–H and O–H groups in total. The van der Waals surface area contributed by atoms with Crippen LogP contribution in [0.1, 0.15) is 24.8 Å². The molecule has 2 fully saturated rings. The van der Waals surface area contributed by atoms with E-state index in [0.29, 0.717) is 45.4 Å². The summed E-state index contributed by atoms with van der Waals surface area (Å²) in [4.78, 5) is 42.5. The lowest BCUT2D eigenvalue weighted by Gasteiger charge is -2.41. The molecule has 0 radical (unpaired) electrons. The maximum absolute atomic E-state index is 13.1. The Kier molecular flexibility index (Phi) is 4.32. The van der Waals surface area contributed by atoms with Crippen LogP contribution in [0.5, 0.6) is 5.75 Å². The van der Waals surface area contributed by atoms with E-state index >= 15 is 0 Å². The minimum Gasteiger partial charge on any atom is -0.493 e. The maximum atomic E-state index is 13.1. The van der Waals surface area contributed by atoms with E-state index in [1.807, 2.05) is 29.2 Å². The van der Waals surface area contributed by atoms with Crippen molar-refractivity contribution in [2.75, 3.05) is 33.8 Å². The summed E-state index contributed by atoms with van der Waals surface area (Å²) in [5.41, 5.74) is 0.279. The first-order valence-electron chi connectivity index (χ1n) is 9.49. The number of likely N-dealkylation sites (N-methyl/N-ethyl adjacent to an activating group) is 2. The van der Waals surface area contributed by atoms with Gasteiger partial charge in [0.25, 0.3) is 5.91 Å². The number of nitrogens with zero attached hydrogens (tertiary/aromatic N) is 3. The summed E-state index contributed by atoms with van der Waals surface area (Å²) in [5.74, 6) is 0.728. The van der Waals surface area contributed by atoms with Gasteiger partial charge in [0.2, 0.25) is 5.91 Å². The monoisotopic (exact) mass is 371 g/mol. The maximum Gasteiger partial charge on any atom is 0.327 e. The van der Waals surface area contributed by atoms with Crippen LogP contribution in [0.2, 0.25) is 0 Å². The zero-order valence-corrected chi connectivity index (χ0v) is 15.8. The van der Waals surface area contributed by atoms with E-state index < -0.39 is 5.54 Å². The van der Waals surface area contributed by atoms with Crippen molar-refractivity contribution in [2.24, 2.45) is 5.92 Å². The molecule has 27 heavy (non-hydrogen) atoms. The molecule has 7 heteroatoms. The molecule has 4 rings (SSSR count). The lowest BCUT2D eigenvalue weighted by molar-refractivity contribution is -0.142. The van der Waals surface area contributed by atoms with Crippen LogP contribution >= 0.6 is 0 Å². The van der Waals surface area contributed by atoms with Crippen LogP contribution < -0.4 is 4.74 Å². The minimum atomic E-state index is -0.790. The van der Waals surface area contributed by atoms with Crippen LogP contribution in [0.3, 0.4) is 0 Å². The SMILES string of the molecule is CN1C(=O)N(C)C2(CCN(C(=O)[C@@H]3CCOc4ccccc4C3)CC2)C1=O. The Morgan fingerprint density at radius 2 is 1.85 bits per heavy atom. The van der Waals surface area contributed by atoms with Gasteiger partial charge >= 0.3 is 6.03 Å². The smallest absolute Gasteiger partial charge is 0.327 e. The molecular formula is C20H25N3O4. The van der Waals surface area contributed by atoms with Gasteiger partial charge in [0, 0.05) is 33.1 Å². The average molecular weight is 371 g/mol. The number of carbonyl (C=O) groups excluding carboxylic acids is 3. The van der Waals surface area contributed by atoms with Crippen LogP contribution in [-0.2, 0) is 16.0 Å². The molecule has 0 aromatic heterocycles. The molecule has 1 atom stereocenters. The number of para-hydroxylation sites is 1. The van der Waals surface area contributed by atoms with Crippen molar-refractivity contribution >= 4 is 17.8 Å². The van der Waals surface area contributed by atoms with Gasteiger partial charge in [0.15, 0.2) is 0 Å². The van der Waals surface area contributed by atoms with Crippen molar-refractivity contribution in [3.8, 4) is 5.75 Å². The minimum absolute atomic E-state index is 0.107. The molecule has 3 heterocycles. The van der Waals surface area contributed by atoms with E-state index in [4.69, 9.17) is 4.74 Å². The molecule has 7 nitrogen and oxygen atoms in total. The molecule has 144 valence electrons. The highest BCUT2D eigenvalue weighted by Gasteiger charge is 2.55. The van der Waals surface area contributed by atoms with Crippen LogP contribution in [-0.4, -0.2) is 71.9 Å². The topological polar surface area (TPSA) is 70.2 Å². The highest BCUT2D eigenvalue weighted by Crippen LogP contribution is 2.36. The summed E-state index contributed by atoms with van der Waals surface area (Å²) in [6, 6.07) is 7.60. The Morgan fingerprint density at radius 1 is 1.15 bits per heavy atom. The van der Waals surface area contributed by atoms with Gasteiger partial charge in [0.1, 0.15) is 11.3 Å². The third-order valence-corrected chi connectivity index (χ3v) is 6.33. The largest absolute Gasteiger partial charge is 0.493 e. The van der Waals surface area contributed by atoms with Gasteiger partial charge in [-0.2, -0.15) is 0 Å². The van der Waals surface area contributed by atoms with Gasteiger partial charge in [0.05, 0.1) is 6.61 Å². The zero-order chi connectivity index (χ0) is 19.2. The van der Waals surface area contributed by atoms with Gasteiger partial charge in [-0.05, 0) is 37.3 Å². The number of piperidine rings is 1. The molecule has 1 spiro atoms. The normalized spacial score (nSPS) is 24.7. The Hall–Kier alpha value is -2.57. The zero-order valence-electron chi connectivity index (χ0n) is 15.8. The Morgan fingerprint density at radius 3 is 2.52 bits per heavy atom. The second-order valence-electron chi connectivity index (χ2n) is 7.71. The lowest BCUT2D eigenvalue weighted by atomic mass is 9.85. The Labute approximate surface area is 158 Å². The van der Waals surface area contributed by atoms with Gasteiger partial charge in [-0.3, -0.25) is 14.5 Å². The molecule has 1 aromatic rings. The van der Waals surface area contributed by atoms with Gasteiger partial charge < -0.3 is 14.5 Å². The first-order chi connectivity index (χ1) is 12.9. The molecule has 0 aliphatic carbocycles. The van der Waals surface area contributed by atoms with Crippen LogP contribution in [0.4, 0.5) is 4.79 Å². The lowest BCUT2D eigenvalue weighted by Crippen LogP contribution is -2.57. The summed E-state index contributed by atoms with van der Waals surface area (Å²) in [6.07, 6.45) is 2.35. The van der Waals surface area contributed by atoms with Crippen molar-refractivity contribution in [1.82, 2.24) is 14.7 Å². The number of hydrogen-bond acceptors (Lipinski definition) is 4. The van der Waals surface area contributed by atoms with Gasteiger partial charge in [-0.25, -0.2) is 4.79 Å².